The van der Waals surface area contributed by atoms with Crippen LogP contribution in [0, 0.1) is 10.1 Å². The molecule has 0 radical (unpaired) electrons. The minimum absolute atomic E-state index is 0. The lowest BCUT2D eigenvalue weighted by Crippen LogP contribution is -2.50. The molecule has 32 heavy (non-hydrogen) atoms. The fourth-order valence-electron chi connectivity index (χ4n) is 3.63. The molecule has 0 saturated carbocycles. The molecule has 2 N–H and O–H groups in total. The Balaban J connectivity index is 0.00000363. The SMILES string of the molecule is CCC(C)NC(=NCc1ccc([N+](=O)[O-])cc1)NC1CCN(Cc2ccccc2)CC1.I. The molecule has 1 fully saturated rings. The molecular weight excluding hydrogens is 517 g/mol. The normalized spacial score (nSPS) is 16.1. The highest BCUT2D eigenvalue weighted by Crippen LogP contribution is 2.15. The minimum atomic E-state index is -0.380. The molecule has 7 nitrogen and oxygen atoms in total. The van der Waals surface area contributed by atoms with E-state index in [0.717, 1.165) is 50.4 Å². The van der Waals surface area contributed by atoms with Gasteiger partial charge in [0.1, 0.15) is 0 Å². The molecule has 8 heteroatoms. The molecule has 0 aliphatic carbocycles. The molecule has 2 aromatic carbocycles. The average Bonchev–Trinajstić information content (AvgIpc) is 2.79. The molecule has 2 aromatic rings. The van der Waals surface area contributed by atoms with Crippen molar-refractivity contribution in [1.29, 1.82) is 0 Å². The van der Waals surface area contributed by atoms with Crippen LogP contribution in [0.2, 0.25) is 0 Å². The second-order valence-electron chi connectivity index (χ2n) is 8.22. The zero-order valence-electron chi connectivity index (χ0n) is 18.9. The van der Waals surface area contributed by atoms with E-state index in [9.17, 15) is 10.1 Å². The van der Waals surface area contributed by atoms with Crippen LogP contribution in [0.15, 0.2) is 59.6 Å². The third kappa shape index (κ3) is 8.38. The first-order valence-corrected chi connectivity index (χ1v) is 11.1. The molecule has 1 saturated heterocycles. The lowest BCUT2D eigenvalue weighted by atomic mass is 10.0. The van der Waals surface area contributed by atoms with Crippen molar-refractivity contribution in [2.45, 2.75) is 58.3 Å². The average molecular weight is 551 g/mol. The summed E-state index contributed by atoms with van der Waals surface area (Å²) < 4.78 is 0. The van der Waals surface area contributed by atoms with Gasteiger partial charge in [0, 0.05) is 43.9 Å². The van der Waals surface area contributed by atoms with Crippen molar-refractivity contribution in [3.05, 3.63) is 75.8 Å². The number of hydrogen-bond donors (Lipinski definition) is 2. The number of aliphatic imine (C=N–C) groups is 1. The van der Waals surface area contributed by atoms with E-state index in [0.29, 0.717) is 18.6 Å². The van der Waals surface area contributed by atoms with E-state index in [-0.39, 0.29) is 34.6 Å². The van der Waals surface area contributed by atoms with E-state index >= 15 is 0 Å². The molecule has 0 amide bonds. The Bertz CT molecular complexity index is 852. The number of rotatable bonds is 8. The van der Waals surface area contributed by atoms with Crippen molar-refractivity contribution >= 4 is 35.6 Å². The van der Waals surface area contributed by atoms with Crippen LogP contribution in [0.5, 0.6) is 0 Å². The smallest absolute Gasteiger partial charge is 0.269 e. The third-order valence-corrected chi connectivity index (χ3v) is 5.74. The number of guanidine groups is 1. The van der Waals surface area contributed by atoms with Crippen molar-refractivity contribution < 1.29 is 4.92 Å². The Morgan fingerprint density at radius 3 is 2.38 bits per heavy atom. The Labute approximate surface area is 207 Å². The highest BCUT2D eigenvalue weighted by atomic mass is 127. The van der Waals surface area contributed by atoms with Gasteiger partial charge in [0.05, 0.1) is 11.5 Å². The zero-order chi connectivity index (χ0) is 22.1. The van der Waals surface area contributed by atoms with Crippen molar-refractivity contribution in [3.8, 4) is 0 Å². The Morgan fingerprint density at radius 1 is 1.12 bits per heavy atom. The van der Waals surface area contributed by atoms with E-state index < -0.39 is 0 Å². The maximum atomic E-state index is 10.8. The van der Waals surface area contributed by atoms with E-state index in [2.05, 4.69) is 59.7 Å². The van der Waals surface area contributed by atoms with Gasteiger partial charge in [-0.05, 0) is 37.3 Å². The van der Waals surface area contributed by atoms with Crippen LogP contribution in [0.3, 0.4) is 0 Å². The van der Waals surface area contributed by atoms with Crippen LogP contribution in [0.1, 0.15) is 44.2 Å². The van der Waals surface area contributed by atoms with E-state index in [1.54, 1.807) is 12.1 Å². The van der Waals surface area contributed by atoms with Gasteiger partial charge >= 0.3 is 0 Å². The van der Waals surface area contributed by atoms with Gasteiger partial charge in [0.15, 0.2) is 5.96 Å². The summed E-state index contributed by atoms with van der Waals surface area (Å²) in [6.07, 6.45) is 3.16. The summed E-state index contributed by atoms with van der Waals surface area (Å²) in [6, 6.07) is 17.9. The maximum absolute atomic E-state index is 10.8. The largest absolute Gasteiger partial charge is 0.354 e. The van der Waals surface area contributed by atoms with Gasteiger partial charge in [-0.25, -0.2) is 4.99 Å². The summed E-state index contributed by atoms with van der Waals surface area (Å²) >= 11 is 0. The zero-order valence-corrected chi connectivity index (χ0v) is 21.2. The molecule has 1 aliphatic heterocycles. The van der Waals surface area contributed by atoms with Crippen LogP contribution in [-0.4, -0.2) is 41.0 Å². The number of nitrogens with one attached hydrogen (secondary N) is 2. The molecule has 0 bridgehead atoms. The summed E-state index contributed by atoms with van der Waals surface area (Å²) in [6.45, 7) is 7.90. The van der Waals surface area contributed by atoms with Crippen LogP contribution in [0.4, 0.5) is 5.69 Å². The van der Waals surface area contributed by atoms with Gasteiger partial charge < -0.3 is 10.6 Å². The van der Waals surface area contributed by atoms with Gasteiger partial charge in [-0.3, -0.25) is 15.0 Å². The van der Waals surface area contributed by atoms with Crippen LogP contribution in [-0.2, 0) is 13.1 Å². The molecule has 3 rings (SSSR count). The van der Waals surface area contributed by atoms with Gasteiger partial charge in [-0.15, -0.1) is 24.0 Å². The summed E-state index contributed by atoms with van der Waals surface area (Å²) in [5, 5.41) is 17.9. The molecule has 0 aromatic heterocycles. The van der Waals surface area contributed by atoms with E-state index in [4.69, 9.17) is 4.99 Å². The predicted molar refractivity (Wildman–Crippen MR) is 140 cm³/mol. The highest BCUT2D eigenvalue weighted by Gasteiger charge is 2.20. The predicted octanol–water partition coefficient (Wildman–Crippen LogP) is 4.71. The number of halogens is 1. The summed E-state index contributed by atoms with van der Waals surface area (Å²) in [5.41, 5.74) is 2.41. The van der Waals surface area contributed by atoms with Crippen LogP contribution < -0.4 is 10.6 Å². The van der Waals surface area contributed by atoms with Crippen molar-refractivity contribution in [2.75, 3.05) is 13.1 Å². The van der Waals surface area contributed by atoms with Crippen LogP contribution in [0.25, 0.3) is 0 Å². The molecule has 0 spiro atoms. The number of nitrogens with zero attached hydrogens (tertiary/aromatic N) is 3. The van der Waals surface area contributed by atoms with E-state index in [1.165, 1.54) is 17.7 Å². The van der Waals surface area contributed by atoms with Gasteiger partial charge in [0.2, 0.25) is 0 Å². The number of non-ortho nitro benzene ring substituents is 1. The summed E-state index contributed by atoms with van der Waals surface area (Å²) in [7, 11) is 0. The first-order valence-electron chi connectivity index (χ1n) is 11.1. The fourth-order valence-corrected chi connectivity index (χ4v) is 3.63. The molecule has 1 unspecified atom stereocenters. The lowest BCUT2D eigenvalue weighted by Gasteiger charge is -2.33. The molecule has 174 valence electrons. The minimum Gasteiger partial charge on any atom is -0.354 e. The Morgan fingerprint density at radius 2 is 1.78 bits per heavy atom. The van der Waals surface area contributed by atoms with Gasteiger partial charge in [-0.2, -0.15) is 0 Å². The number of benzene rings is 2. The maximum Gasteiger partial charge on any atom is 0.269 e. The third-order valence-electron chi connectivity index (χ3n) is 5.74. The topological polar surface area (TPSA) is 82.8 Å². The number of likely N-dealkylation sites (tertiary alicyclic amines) is 1. The van der Waals surface area contributed by atoms with E-state index in [1.807, 2.05) is 0 Å². The quantitative estimate of drug-likeness (QED) is 0.163. The monoisotopic (exact) mass is 551 g/mol. The number of piperidine rings is 1. The molecule has 1 aliphatic rings. The van der Waals surface area contributed by atoms with Gasteiger partial charge in [-0.1, -0.05) is 49.4 Å². The number of hydrogen-bond acceptors (Lipinski definition) is 4. The second kappa shape index (κ2) is 13.4. The number of nitro groups is 1. The Hall–Kier alpha value is -2.20. The van der Waals surface area contributed by atoms with Crippen molar-refractivity contribution in [1.82, 2.24) is 15.5 Å². The first-order chi connectivity index (χ1) is 15.0. The number of nitro benzene ring substituents is 1. The molecular formula is C24H34IN5O2. The summed E-state index contributed by atoms with van der Waals surface area (Å²) in [5.74, 6) is 0.814. The lowest BCUT2D eigenvalue weighted by molar-refractivity contribution is -0.384. The highest BCUT2D eigenvalue weighted by molar-refractivity contribution is 14.0. The molecule has 1 atom stereocenters. The van der Waals surface area contributed by atoms with Crippen LogP contribution >= 0.6 is 24.0 Å². The standard InChI is InChI=1S/C24H33N5O2.HI/c1-3-19(2)26-24(25-17-20-9-11-23(12-10-20)29(30)31)27-22-13-15-28(16-14-22)18-21-7-5-4-6-8-21;/h4-12,19,22H,3,13-18H2,1-2H3,(H2,25,26,27);1H. The van der Waals surface area contributed by atoms with Crippen molar-refractivity contribution in [3.63, 3.8) is 0 Å². The summed E-state index contributed by atoms with van der Waals surface area (Å²) in [4.78, 5) is 17.7. The second-order valence-corrected chi connectivity index (χ2v) is 8.22. The first kappa shape index (κ1) is 26.1. The van der Waals surface area contributed by atoms with Crippen molar-refractivity contribution in [2.24, 2.45) is 4.99 Å². The molecule has 1 heterocycles. The van der Waals surface area contributed by atoms with Gasteiger partial charge in [0.25, 0.3) is 5.69 Å². The Kier molecular flexibility index (Phi) is 10.9. The fraction of sp³-hybridized carbons (Fsp3) is 0.458.